The van der Waals surface area contributed by atoms with Crippen LogP contribution in [0.1, 0.15) is 6.42 Å². The molecule has 2 rings (SSSR count). The summed E-state index contributed by atoms with van der Waals surface area (Å²) in [6, 6.07) is -0.928. The molecule has 1 aliphatic carbocycles. The third kappa shape index (κ3) is 2.38. The zero-order chi connectivity index (χ0) is 14.2. The van der Waals surface area contributed by atoms with Gasteiger partial charge in [0.25, 0.3) is 0 Å². The number of likely N-dealkylation sites (tertiary alicyclic amines) is 1. The number of fused-ring (bicyclic) bond motifs is 1. The van der Waals surface area contributed by atoms with Crippen molar-refractivity contribution in [1.29, 1.82) is 0 Å². The first-order valence-electron chi connectivity index (χ1n) is 6.04. The fourth-order valence-electron chi connectivity index (χ4n) is 2.91. The van der Waals surface area contributed by atoms with E-state index in [1.165, 1.54) is 0 Å². The molecule has 7 atom stereocenters. The van der Waals surface area contributed by atoms with Gasteiger partial charge in [-0.25, -0.2) is 0 Å². The van der Waals surface area contributed by atoms with Gasteiger partial charge in [-0.05, 0) is 18.5 Å². The number of rotatable bonds is 5. The molecule has 0 aromatic heterocycles. The molecular weight excluding hydrogens is 256 g/mol. The van der Waals surface area contributed by atoms with Crippen LogP contribution >= 0.6 is 0 Å². The Hall–Kier alpha value is -1.38. The lowest BCUT2D eigenvalue weighted by Crippen LogP contribution is -2.53. The molecule has 0 bridgehead atoms. The highest BCUT2D eigenvalue weighted by Crippen LogP contribution is 2.44. The van der Waals surface area contributed by atoms with Crippen molar-refractivity contribution in [2.45, 2.75) is 36.8 Å². The first kappa shape index (κ1) is 14.0. The van der Waals surface area contributed by atoms with Gasteiger partial charge in [-0.15, -0.1) is 0 Å². The minimum absolute atomic E-state index is 0.283. The van der Waals surface area contributed by atoms with Gasteiger partial charge < -0.3 is 20.4 Å². The van der Waals surface area contributed by atoms with Crippen molar-refractivity contribution in [2.75, 3.05) is 13.1 Å². The largest absolute Gasteiger partial charge is 0.481 e. The molecule has 106 valence electrons. The number of aliphatic hydroxyl groups excluding tert-OH is 3. The number of azide groups is 1. The first-order chi connectivity index (χ1) is 9.00. The third-order valence-electron chi connectivity index (χ3n) is 3.83. The van der Waals surface area contributed by atoms with Crippen molar-refractivity contribution in [2.24, 2.45) is 11.0 Å². The van der Waals surface area contributed by atoms with Crippen molar-refractivity contribution < 1.29 is 25.2 Å². The zero-order valence-corrected chi connectivity index (χ0v) is 10.1. The molecule has 1 aliphatic heterocycles. The molecule has 19 heavy (non-hydrogen) atoms. The lowest BCUT2D eigenvalue weighted by Gasteiger charge is -2.30. The molecule has 2 fully saturated rings. The lowest BCUT2D eigenvalue weighted by molar-refractivity contribution is -0.156. The Morgan fingerprint density at radius 1 is 1.21 bits per heavy atom. The molecule has 1 saturated heterocycles. The Labute approximate surface area is 108 Å². The van der Waals surface area contributed by atoms with E-state index in [4.69, 9.17) is 10.6 Å². The van der Waals surface area contributed by atoms with Crippen LogP contribution in [0, 0.1) is 5.92 Å². The smallest absolute Gasteiger partial charge is 0.310 e. The van der Waals surface area contributed by atoms with Gasteiger partial charge in [-0.1, -0.05) is 5.11 Å². The van der Waals surface area contributed by atoms with Crippen LogP contribution in [0.4, 0.5) is 0 Å². The molecule has 0 spiro atoms. The Bertz CT molecular complexity index is 413. The van der Waals surface area contributed by atoms with Crippen molar-refractivity contribution in [3.05, 3.63) is 10.4 Å². The monoisotopic (exact) mass is 272 g/mol. The number of carboxylic acid groups (broad SMARTS) is 1. The van der Waals surface area contributed by atoms with Gasteiger partial charge >= 0.3 is 5.97 Å². The summed E-state index contributed by atoms with van der Waals surface area (Å²) in [6.45, 7) is 0.736. The van der Waals surface area contributed by atoms with Gasteiger partial charge in [0.1, 0.15) is 12.0 Å². The highest BCUT2D eigenvalue weighted by atomic mass is 16.4. The van der Waals surface area contributed by atoms with Crippen molar-refractivity contribution in [1.82, 2.24) is 4.90 Å². The molecule has 0 radical (unpaired) electrons. The molecular formula is C10H16N4O5. The van der Waals surface area contributed by atoms with Gasteiger partial charge in [0.2, 0.25) is 0 Å². The van der Waals surface area contributed by atoms with Crippen molar-refractivity contribution >= 4 is 5.97 Å². The molecule has 2 aliphatic rings. The maximum Gasteiger partial charge on any atom is 0.310 e. The minimum Gasteiger partial charge on any atom is -0.481 e. The molecule has 0 amide bonds. The topological polar surface area (TPSA) is 150 Å². The zero-order valence-electron chi connectivity index (χ0n) is 10.1. The quantitative estimate of drug-likeness (QED) is 0.158. The Kier molecular flexibility index (Phi) is 3.93. The Morgan fingerprint density at radius 2 is 1.89 bits per heavy atom. The SMILES string of the molecule is [N-]=[N+]=NCCCN1C2C(O)C(O)C(O)C(C(=O)O)C21. The predicted octanol–water partition coefficient (Wildman–Crippen LogP) is -1.46. The lowest BCUT2D eigenvalue weighted by atomic mass is 9.83. The average Bonchev–Trinajstić information content (AvgIpc) is 3.05. The predicted molar refractivity (Wildman–Crippen MR) is 62.1 cm³/mol. The van der Waals surface area contributed by atoms with Crippen LogP contribution in [0.3, 0.4) is 0 Å². The van der Waals surface area contributed by atoms with Crippen LogP contribution in [0.25, 0.3) is 10.4 Å². The van der Waals surface area contributed by atoms with E-state index in [0.717, 1.165) is 0 Å². The number of hydrogen-bond donors (Lipinski definition) is 4. The summed E-state index contributed by atoms with van der Waals surface area (Å²) in [6.07, 6.45) is -3.56. The second-order valence-corrected chi connectivity index (χ2v) is 4.86. The third-order valence-corrected chi connectivity index (χ3v) is 3.83. The molecule has 0 aromatic rings. The number of aliphatic hydroxyl groups is 3. The molecule has 0 aromatic carbocycles. The molecule has 7 unspecified atom stereocenters. The van der Waals surface area contributed by atoms with E-state index in [0.29, 0.717) is 13.0 Å². The fourth-order valence-corrected chi connectivity index (χ4v) is 2.91. The summed E-state index contributed by atoms with van der Waals surface area (Å²) < 4.78 is 0. The highest BCUT2D eigenvalue weighted by Gasteiger charge is 2.65. The minimum atomic E-state index is -1.48. The van der Waals surface area contributed by atoms with Crippen LogP contribution in [0.15, 0.2) is 5.11 Å². The van der Waals surface area contributed by atoms with E-state index in [1.807, 2.05) is 0 Å². The molecule has 9 nitrogen and oxygen atoms in total. The van der Waals surface area contributed by atoms with Gasteiger partial charge in [-0.3, -0.25) is 9.69 Å². The van der Waals surface area contributed by atoms with E-state index >= 15 is 0 Å². The van der Waals surface area contributed by atoms with Crippen LogP contribution < -0.4 is 0 Å². The van der Waals surface area contributed by atoms with E-state index in [1.54, 1.807) is 4.90 Å². The molecule has 1 saturated carbocycles. The van der Waals surface area contributed by atoms with Crippen molar-refractivity contribution in [3.8, 4) is 0 Å². The summed E-state index contributed by atoms with van der Waals surface area (Å²) in [4.78, 5) is 15.5. The van der Waals surface area contributed by atoms with Crippen LogP contribution in [-0.4, -0.2) is 74.8 Å². The number of nitrogens with zero attached hydrogens (tertiary/aromatic N) is 4. The van der Waals surface area contributed by atoms with E-state index in [-0.39, 0.29) is 6.54 Å². The second kappa shape index (κ2) is 5.32. The number of carboxylic acids is 1. The number of aliphatic carboxylic acids is 1. The summed E-state index contributed by atoms with van der Waals surface area (Å²) in [7, 11) is 0. The summed E-state index contributed by atoms with van der Waals surface area (Å²) in [5.41, 5.74) is 8.14. The van der Waals surface area contributed by atoms with E-state index < -0.39 is 42.3 Å². The maximum absolute atomic E-state index is 11.1. The van der Waals surface area contributed by atoms with Crippen LogP contribution in [-0.2, 0) is 4.79 Å². The van der Waals surface area contributed by atoms with E-state index in [9.17, 15) is 20.1 Å². The van der Waals surface area contributed by atoms with Gasteiger partial charge in [-0.2, -0.15) is 0 Å². The summed E-state index contributed by atoms with van der Waals surface area (Å²) in [5, 5.41) is 41.6. The van der Waals surface area contributed by atoms with Crippen molar-refractivity contribution in [3.63, 3.8) is 0 Å². The first-order valence-corrected chi connectivity index (χ1v) is 6.04. The second-order valence-electron chi connectivity index (χ2n) is 4.86. The Morgan fingerprint density at radius 3 is 2.47 bits per heavy atom. The average molecular weight is 272 g/mol. The maximum atomic E-state index is 11.1. The summed E-state index contributed by atoms with van der Waals surface area (Å²) >= 11 is 0. The standard InChI is InChI=1S/C10H16N4O5/c11-13-12-2-1-3-14-5-4(10(18)19)7(15)9(17)8(16)6(5)14/h4-9,15-17H,1-3H2,(H,18,19). The summed E-state index contributed by atoms with van der Waals surface area (Å²) in [5.74, 6) is -2.30. The highest BCUT2D eigenvalue weighted by molar-refractivity contribution is 5.73. The molecule has 1 heterocycles. The molecule has 4 N–H and O–H groups in total. The van der Waals surface area contributed by atoms with Crippen LogP contribution in [0.2, 0.25) is 0 Å². The number of carbonyl (C=O) groups is 1. The number of hydrogen-bond acceptors (Lipinski definition) is 6. The molecule has 9 heteroatoms. The van der Waals surface area contributed by atoms with Gasteiger partial charge in [0.15, 0.2) is 0 Å². The Balaban J connectivity index is 2.02. The van der Waals surface area contributed by atoms with Gasteiger partial charge in [0.05, 0.1) is 18.2 Å². The normalized spacial score (nSPS) is 44.1. The van der Waals surface area contributed by atoms with Gasteiger partial charge in [0, 0.05) is 17.5 Å². The van der Waals surface area contributed by atoms with E-state index in [2.05, 4.69) is 10.0 Å². The fraction of sp³-hybridized carbons (Fsp3) is 0.900. The van der Waals surface area contributed by atoms with Crippen LogP contribution in [0.5, 0.6) is 0 Å².